The van der Waals surface area contributed by atoms with E-state index in [1.54, 1.807) is 17.1 Å². The van der Waals surface area contributed by atoms with Gasteiger partial charge in [0.25, 0.3) is 0 Å². The molecule has 0 aliphatic heterocycles. The van der Waals surface area contributed by atoms with E-state index in [-0.39, 0.29) is 0 Å². The van der Waals surface area contributed by atoms with Gasteiger partial charge in [0.2, 0.25) is 0 Å². The molecule has 0 saturated heterocycles. The summed E-state index contributed by atoms with van der Waals surface area (Å²) in [5.74, 6) is 0.776. The van der Waals surface area contributed by atoms with Gasteiger partial charge >= 0.3 is 0 Å². The molecule has 0 radical (unpaired) electrons. The molecule has 0 atom stereocenters. The summed E-state index contributed by atoms with van der Waals surface area (Å²) in [7, 11) is 0. The average Bonchev–Trinajstić information content (AvgIpc) is 3.04. The Bertz CT molecular complexity index is 770. The van der Waals surface area contributed by atoms with E-state index in [1.165, 1.54) is 0 Å². The third-order valence-corrected chi connectivity index (χ3v) is 3.44. The van der Waals surface area contributed by atoms with Gasteiger partial charge in [-0.1, -0.05) is 24.3 Å². The van der Waals surface area contributed by atoms with Crippen LogP contribution in [0.5, 0.6) is 5.75 Å². The van der Waals surface area contributed by atoms with Gasteiger partial charge < -0.3 is 10.5 Å². The number of benzene rings is 1. The number of pyridine rings is 1. The summed E-state index contributed by atoms with van der Waals surface area (Å²) >= 11 is 0. The van der Waals surface area contributed by atoms with Crippen LogP contribution in [0.1, 0.15) is 19.0 Å². The van der Waals surface area contributed by atoms with Crippen molar-refractivity contribution >= 4 is 0 Å². The van der Waals surface area contributed by atoms with Crippen molar-refractivity contribution in [2.24, 2.45) is 5.73 Å². The van der Waals surface area contributed by atoms with Gasteiger partial charge in [0.05, 0.1) is 12.3 Å². The molecule has 3 rings (SSSR count). The number of aromatic nitrogens is 4. The highest BCUT2D eigenvalue weighted by Gasteiger charge is 2.17. The molecule has 0 saturated carbocycles. The molecule has 0 fully saturated rings. The molecule has 0 unspecified atom stereocenters. The second kappa shape index (κ2) is 7.02. The van der Waals surface area contributed by atoms with Crippen molar-refractivity contribution in [2.45, 2.75) is 19.9 Å². The van der Waals surface area contributed by atoms with E-state index in [0.29, 0.717) is 13.2 Å². The smallest absolute Gasteiger partial charge is 0.145 e. The van der Waals surface area contributed by atoms with Crippen LogP contribution in [-0.2, 0) is 6.54 Å². The van der Waals surface area contributed by atoms with Gasteiger partial charge in [0, 0.05) is 24.5 Å². The van der Waals surface area contributed by atoms with Crippen LogP contribution < -0.4 is 10.5 Å². The summed E-state index contributed by atoms with van der Waals surface area (Å²) in [4.78, 5) is 4.07. The third kappa shape index (κ3) is 3.07. The lowest BCUT2D eigenvalue weighted by Crippen LogP contribution is -2.05. The molecule has 6 nitrogen and oxygen atoms in total. The van der Waals surface area contributed by atoms with Crippen molar-refractivity contribution in [3.8, 4) is 22.7 Å². The highest BCUT2D eigenvalue weighted by atomic mass is 16.5. The lowest BCUT2D eigenvalue weighted by atomic mass is 10.1. The van der Waals surface area contributed by atoms with E-state index >= 15 is 0 Å². The quantitative estimate of drug-likeness (QED) is 0.757. The molecule has 2 N–H and O–H groups in total. The predicted octanol–water partition coefficient (Wildman–Crippen LogP) is 2.58. The van der Waals surface area contributed by atoms with Crippen LogP contribution in [0, 0.1) is 0 Å². The lowest BCUT2D eigenvalue weighted by molar-refractivity contribution is 0.316. The summed E-state index contributed by atoms with van der Waals surface area (Å²) in [6.07, 6.45) is 4.43. The number of hydrogen-bond donors (Lipinski definition) is 1. The molecular weight excluding hydrogens is 290 g/mol. The minimum absolute atomic E-state index is 0.315. The Morgan fingerprint density at radius 3 is 2.65 bits per heavy atom. The van der Waals surface area contributed by atoms with E-state index in [2.05, 4.69) is 22.2 Å². The highest BCUT2D eigenvalue weighted by Crippen LogP contribution is 2.29. The fourth-order valence-electron chi connectivity index (χ4n) is 2.38. The van der Waals surface area contributed by atoms with Crippen molar-refractivity contribution in [1.29, 1.82) is 0 Å². The predicted molar refractivity (Wildman–Crippen MR) is 88.3 cm³/mol. The number of nitrogens with zero attached hydrogens (tertiary/aromatic N) is 4. The summed E-state index contributed by atoms with van der Waals surface area (Å²) < 4.78 is 7.62. The number of rotatable bonds is 6. The van der Waals surface area contributed by atoms with Crippen LogP contribution >= 0.6 is 0 Å². The summed E-state index contributed by atoms with van der Waals surface area (Å²) in [6, 6.07) is 11.6. The van der Waals surface area contributed by atoms with Crippen LogP contribution in [0.15, 0.2) is 48.8 Å². The summed E-state index contributed by atoms with van der Waals surface area (Å²) in [6.45, 7) is 3.04. The van der Waals surface area contributed by atoms with E-state index in [0.717, 1.165) is 34.8 Å². The van der Waals surface area contributed by atoms with Crippen molar-refractivity contribution in [1.82, 2.24) is 20.0 Å². The first-order valence-corrected chi connectivity index (χ1v) is 7.62. The number of nitrogens with two attached hydrogens (primary N) is 1. The minimum Gasteiger partial charge on any atom is -0.491 e. The average molecular weight is 309 g/mol. The van der Waals surface area contributed by atoms with Crippen molar-refractivity contribution < 1.29 is 4.74 Å². The SMILES string of the molecule is CCCOc1ccccc1-n1nnc(CN)c1-c1ccncc1. The van der Waals surface area contributed by atoms with E-state index in [9.17, 15) is 0 Å². The fourth-order valence-corrected chi connectivity index (χ4v) is 2.38. The zero-order valence-corrected chi connectivity index (χ0v) is 13.0. The first kappa shape index (κ1) is 15.2. The molecule has 0 amide bonds. The molecule has 118 valence electrons. The largest absolute Gasteiger partial charge is 0.491 e. The molecule has 2 aromatic heterocycles. The van der Waals surface area contributed by atoms with Crippen LogP contribution in [0.3, 0.4) is 0 Å². The fraction of sp³-hybridized carbons (Fsp3) is 0.235. The van der Waals surface area contributed by atoms with Gasteiger partial charge in [-0.3, -0.25) is 4.98 Å². The molecular formula is C17H19N5O. The number of para-hydroxylation sites is 2. The molecule has 23 heavy (non-hydrogen) atoms. The Hall–Kier alpha value is -2.73. The molecule has 6 heteroatoms. The van der Waals surface area contributed by atoms with E-state index in [1.807, 2.05) is 36.4 Å². The van der Waals surface area contributed by atoms with Crippen LogP contribution in [0.4, 0.5) is 0 Å². The monoisotopic (exact) mass is 309 g/mol. The maximum absolute atomic E-state index is 5.84. The van der Waals surface area contributed by atoms with Gasteiger partial charge in [-0.05, 0) is 30.7 Å². The lowest BCUT2D eigenvalue weighted by Gasteiger charge is -2.13. The Balaban J connectivity index is 2.13. The standard InChI is InChI=1S/C17H19N5O/c1-2-11-23-16-6-4-3-5-15(16)22-17(14(12-18)20-21-22)13-7-9-19-10-8-13/h3-10H,2,11-12,18H2,1H3. The zero-order valence-electron chi connectivity index (χ0n) is 13.0. The van der Waals surface area contributed by atoms with Crippen molar-refractivity contribution in [2.75, 3.05) is 6.61 Å². The van der Waals surface area contributed by atoms with Gasteiger partial charge in [0.1, 0.15) is 17.1 Å². The number of hydrogen-bond acceptors (Lipinski definition) is 5. The van der Waals surface area contributed by atoms with Crippen LogP contribution in [-0.4, -0.2) is 26.6 Å². The second-order valence-electron chi connectivity index (χ2n) is 5.05. The third-order valence-electron chi connectivity index (χ3n) is 3.44. The van der Waals surface area contributed by atoms with Gasteiger partial charge in [-0.15, -0.1) is 5.10 Å². The molecule has 3 aromatic rings. The Morgan fingerprint density at radius 2 is 1.91 bits per heavy atom. The molecule has 0 spiro atoms. The normalized spacial score (nSPS) is 10.7. The van der Waals surface area contributed by atoms with E-state index < -0.39 is 0 Å². The van der Waals surface area contributed by atoms with E-state index in [4.69, 9.17) is 10.5 Å². The highest BCUT2D eigenvalue weighted by molar-refractivity contribution is 5.65. The zero-order chi connectivity index (χ0) is 16.1. The van der Waals surface area contributed by atoms with Crippen LogP contribution in [0.25, 0.3) is 16.9 Å². The topological polar surface area (TPSA) is 78.8 Å². The Morgan fingerprint density at radius 1 is 1.13 bits per heavy atom. The first-order chi connectivity index (χ1) is 11.3. The Kier molecular flexibility index (Phi) is 4.63. The van der Waals surface area contributed by atoms with Crippen molar-refractivity contribution in [3.63, 3.8) is 0 Å². The first-order valence-electron chi connectivity index (χ1n) is 7.62. The summed E-state index contributed by atoms with van der Waals surface area (Å²) in [5, 5.41) is 8.51. The summed E-state index contributed by atoms with van der Waals surface area (Å²) in [5.41, 5.74) is 9.25. The van der Waals surface area contributed by atoms with Gasteiger partial charge in [-0.2, -0.15) is 0 Å². The number of ether oxygens (including phenoxy) is 1. The Labute approximate surface area is 134 Å². The molecule has 2 heterocycles. The van der Waals surface area contributed by atoms with Gasteiger partial charge in [0.15, 0.2) is 0 Å². The van der Waals surface area contributed by atoms with Crippen LogP contribution in [0.2, 0.25) is 0 Å². The molecule has 0 aliphatic carbocycles. The molecule has 0 bridgehead atoms. The van der Waals surface area contributed by atoms with Gasteiger partial charge in [-0.25, -0.2) is 4.68 Å². The van der Waals surface area contributed by atoms with Crippen molar-refractivity contribution in [3.05, 3.63) is 54.5 Å². The maximum atomic E-state index is 5.84. The molecule has 1 aromatic carbocycles. The minimum atomic E-state index is 0.315. The molecule has 0 aliphatic rings. The maximum Gasteiger partial charge on any atom is 0.145 e. The second-order valence-corrected chi connectivity index (χ2v) is 5.05.